The molecule has 0 saturated heterocycles. The third kappa shape index (κ3) is 5.82. The predicted molar refractivity (Wildman–Crippen MR) is 112 cm³/mol. The van der Waals surface area contributed by atoms with Crippen molar-refractivity contribution >= 4 is 17.6 Å². The lowest BCUT2D eigenvalue weighted by Gasteiger charge is -2.25. The number of benzene rings is 2. The Kier molecular flexibility index (Phi) is 7.39. The minimum atomic E-state index is -5.08. The zero-order chi connectivity index (χ0) is 24.9. The first kappa shape index (κ1) is 24.6. The van der Waals surface area contributed by atoms with Crippen molar-refractivity contribution in [1.82, 2.24) is 10.2 Å². The number of nitrogens with zero attached hydrogens (tertiary/aromatic N) is 1. The summed E-state index contributed by atoms with van der Waals surface area (Å²) < 4.78 is 57.4. The van der Waals surface area contributed by atoms with E-state index in [9.17, 15) is 22.4 Å². The van der Waals surface area contributed by atoms with E-state index in [2.05, 4.69) is 15.5 Å². The maximum absolute atomic E-state index is 14.6. The van der Waals surface area contributed by atoms with Gasteiger partial charge in [-0.1, -0.05) is 18.2 Å². The largest absolute Gasteiger partial charge is 0.496 e. The zero-order valence-corrected chi connectivity index (χ0v) is 17.6. The smallest absolute Gasteiger partial charge is 0.490 e. The SMILES string of the molecule is COc1cc(NC(=O)C2CCc3ccccc3O2)c(F)cc1-c1cn[nH]c1.O=C(O)C(F)(F)F. The van der Waals surface area contributed by atoms with Crippen LogP contribution >= 0.6 is 0 Å². The number of hydrogen-bond donors (Lipinski definition) is 3. The number of ether oxygens (including phenoxy) is 2. The van der Waals surface area contributed by atoms with Gasteiger partial charge in [0.2, 0.25) is 0 Å². The van der Waals surface area contributed by atoms with Crippen LogP contribution in [0, 0.1) is 5.82 Å². The first-order valence-electron chi connectivity index (χ1n) is 9.82. The molecule has 34 heavy (non-hydrogen) atoms. The number of carbonyl (C=O) groups is 2. The Morgan fingerprint density at radius 2 is 1.97 bits per heavy atom. The number of hydrogen-bond acceptors (Lipinski definition) is 5. The number of anilines is 1. The molecule has 1 unspecified atom stereocenters. The fourth-order valence-electron chi connectivity index (χ4n) is 3.16. The molecule has 1 atom stereocenters. The minimum absolute atomic E-state index is 0.0477. The molecule has 3 aromatic rings. The van der Waals surface area contributed by atoms with Crippen molar-refractivity contribution in [2.24, 2.45) is 0 Å². The Balaban J connectivity index is 0.000000406. The molecular weight excluding hydrogens is 462 g/mol. The highest BCUT2D eigenvalue weighted by Crippen LogP contribution is 2.34. The van der Waals surface area contributed by atoms with Gasteiger partial charge in [0.25, 0.3) is 5.91 Å². The molecule has 0 fully saturated rings. The van der Waals surface area contributed by atoms with E-state index in [1.165, 1.54) is 19.2 Å². The predicted octanol–water partition coefficient (Wildman–Crippen LogP) is 4.19. The van der Waals surface area contributed by atoms with Crippen LogP contribution in [0.5, 0.6) is 11.5 Å². The van der Waals surface area contributed by atoms with Crippen molar-refractivity contribution in [3.8, 4) is 22.6 Å². The molecule has 0 radical (unpaired) electrons. The fraction of sp³-hybridized carbons (Fsp3) is 0.227. The van der Waals surface area contributed by atoms with Crippen LogP contribution in [0.1, 0.15) is 12.0 Å². The molecule has 12 heteroatoms. The summed E-state index contributed by atoms with van der Waals surface area (Å²) in [6.45, 7) is 0. The van der Waals surface area contributed by atoms with Gasteiger partial charge >= 0.3 is 12.1 Å². The summed E-state index contributed by atoms with van der Waals surface area (Å²) >= 11 is 0. The van der Waals surface area contributed by atoms with Gasteiger partial charge in [-0.15, -0.1) is 0 Å². The first-order valence-corrected chi connectivity index (χ1v) is 9.82. The molecule has 1 amide bonds. The van der Waals surface area contributed by atoms with Crippen LogP contribution < -0.4 is 14.8 Å². The maximum atomic E-state index is 14.6. The van der Waals surface area contributed by atoms with Gasteiger partial charge in [0.05, 0.1) is 19.0 Å². The van der Waals surface area contributed by atoms with Crippen molar-refractivity contribution in [2.75, 3.05) is 12.4 Å². The number of carboxylic acids is 1. The number of halogens is 4. The fourth-order valence-corrected chi connectivity index (χ4v) is 3.16. The molecule has 1 aromatic heterocycles. The second kappa shape index (κ2) is 10.2. The number of carboxylic acid groups (broad SMARTS) is 1. The molecule has 0 saturated carbocycles. The Labute approximate surface area is 190 Å². The lowest BCUT2D eigenvalue weighted by Crippen LogP contribution is -2.36. The van der Waals surface area contributed by atoms with E-state index < -0.39 is 24.1 Å². The third-order valence-corrected chi connectivity index (χ3v) is 4.81. The van der Waals surface area contributed by atoms with E-state index in [4.69, 9.17) is 19.4 Å². The Morgan fingerprint density at radius 1 is 1.26 bits per heavy atom. The summed E-state index contributed by atoms with van der Waals surface area (Å²) in [5.74, 6) is -2.58. The van der Waals surface area contributed by atoms with Crippen LogP contribution in [-0.2, 0) is 16.0 Å². The number of methoxy groups -OCH3 is 1. The third-order valence-electron chi connectivity index (χ3n) is 4.81. The zero-order valence-electron chi connectivity index (χ0n) is 17.6. The second-order valence-electron chi connectivity index (χ2n) is 7.06. The molecule has 0 bridgehead atoms. The maximum Gasteiger partial charge on any atom is 0.490 e. The number of rotatable bonds is 4. The Morgan fingerprint density at radius 3 is 2.59 bits per heavy atom. The van der Waals surface area contributed by atoms with E-state index in [1.807, 2.05) is 24.3 Å². The first-order chi connectivity index (χ1) is 16.1. The summed E-state index contributed by atoms with van der Waals surface area (Å²) in [5.41, 5.74) is 2.35. The van der Waals surface area contributed by atoms with Crippen LogP contribution in [0.3, 0.4) is 0 Å². The molecule has 3 N–H and O–H groups in total. The molecule has 180 valence electrons. The highest BCUT2D eigenvalue weighted by molar-refractivity contribution is 5.95. The van der Waals surface area contributed by atoms with Gasteiger partial charge in [-0.05, 0) is 30.5 Å². The molecule has 0 spiro atoms. The van der Waals surface area contributed by atoms with Crippen molar-refractivity contribution in [3.63, 3.8) is 0 Å². The number of carbonyl (C=O) groups excluding carboxylic acids is 1. The molecule has 4 rings (SSSR count). The van der Waals surface area contributed by atoms with Gasteiger partial charge in [-0.3, -0.25) is 9.89 Å². The van der Waals surface area contributed by atoms with Gasteiger partial charge in [-0.2, -0.15) is 18.3 Å². The minimum Gasteiger partial charge on any atom is -0.496 e. The number of alkyl halides is 3. The number of H-pyrrole nitrogens is 1. The van der Waals surface area contributed by atoms with Crippen LogP contribution in [0.15, 0.2) is 48.8 Å². The summed E-state index contributed by atoms with van der Waals surface area (Å²) in [4.78, 5) is 21.5. The molecule has 1 aliphatic rings. The summed E-state index contributed by atoms with van der Waals surface area (Å²) in [6, 6.07) is 10.4. The number of aliphatic carboxylic acids is 1. The van der Waals surface area contributed by atoms with E-state index >= 15 is 0 Å². The van der Waals surface area contributed by atoms with Crippen molar-refractivity contribution in [3.05, 3.63) is 60.2 Å². The standard InChI is InChI=1S/C20H18FN3O3.C2HF3O2/c1-26-19-9-16(15(21)8-14(19)13-10-22-23-11-13)24-20(25)18-7-6-12-4-2-3-5-17(12)27-18;3-2(4,5)1(6)7/h2-5,8-11,18H,6-7H2,1H3,(H,22,23)(H,24,25);(H,6,7). The topological polar surface area (TPSA) is 114 Å². The van der Waals surface area contributed by atoms with Gasteiger partial charge in [0, 0.05) is 23.4 Å². The summed E-state index contributed by atoms with van der Waals surface area (Å²) in [6.07, 6.45) is -1.27. The van der Waals surface area contributed by atoms with Crippen molar-refractivity contribution < 1.29 is 41.7 Å². The van der Waals surface area contributed by atoms with Crippen LogP contribution in [0.2, 0.25) is 0 Å². The average Bonchev–Trinajstić information content (AvgIpc) is 3.34. The lowest BCUT2D eigenvalue weighted by molar-refractivity contribution is -0.192. The van der Waals surface area contributed by atoms with Crippen LogP contribution in [0.4, 0.5) is 23.2 Å². The van der Waals surface area contributed by atoms with Gasteiger partial charge in [-0.25, -0.2) is 9.18 Å². The van der Waals surface area contributed by atoms with E-state index in [1.54, 1.807) is 12.4 Å². The molecule has 0 aliphatic carbocycles. The number of nitrogens with one attached hydrogen (secondary N) is 2. The van der Waals surface area contributed by atoms with Crippen molar-refractivity contribution in [1.29, 1.82) is 0 Å². The lowest BCUT2D eigenvalue weighted by atomic mass is 10.0. The van der Waals surface area contributed by atoms with Crippen LogP contribution in [0.25, 0.3) is 11.1 Å². The molecule has 2 heterocycles. The van der Waals surface area contributed by atoms with E-state index in [0.29, 0.717) is 29.0 Å². The average molecular weight is 481 g/mol. The van der Waals surface area contributed by atoms with Gasteiger partial charge < -0.3 is 19.9 Å². The highest BCUT2D eigenvalue weighted by Gasteiger charge is 2.38. The van der Waals surface area contributed by atoms with Gasteiger partial charge in [0.15, 0.2) is 6.10 Å². The highest BCUT2D eigenvalue weighted by atomic mass is 19.4. The molecule has 8 nitrogen and oxygen atoms in total. The summed E-state index contributed by atoms with van der Waals surface area (Å²) in [5, 5.41) is 16.3. The van der Waals surface area contributed by atoms with Crippen molar-refractivity contribution in [2.45, 2.75) is 25.1 Å². The van der Waals surface area contributed by atoms with E-state index in [0.717, 1.165) is 12.0 Å². The quantitative estimate of drug-likeness (QED) is 0.482. The number of aromatic amines is 1. The number of aryl methyl sites for hydroxylation is 1. The number of fused-ring (bicyclic) bond motifs is 1. The normalized spacial score (nSPS) is 14.7. The number of aromatic nitrogens is 2. The number of amides is 1. The monoisotopic (exact) mass is 481 g/mol. The van der Waals surface area contributed by atoms with E-state index in [-0.39, 0.29) is 11.6 Å². The molecule has 1 aliphatic heterocycles. The molecular formula is C22H19F4N3O5. The second-order valence-corrected chi connectivity index (χ2v) is 7.06. The number of para-hydroxylation sites is 1. The summed E-state index contributed by atoms with van der Waals surface area (Å²) in [7, 11) is 1.49. The molecule has 2 aromatic carbocycles. The Hall–Kier alpha value is -4.09. The van der Waals surface area contributed by atoms with Crippen LogP contribution in [-0.4, -0.2) is 46.6 Å². The van der Waals surface area contributed by atoms with Gasteiger partial charge in [0.1, 0.15) is 17.3 Å². The Bertz CT molecular complexity index is 1170.